The van der Waals surface area contributed by atoms with E-state index < -0.39 is 78.2 Å². The van der Waals surface area contributed by atoms with Gasteiger partial charge in [0.2, 0.25) is 0 Å². The largest absolute Gasteiger partial charge is 0.475 e. The highest BCUT2D eigenvalue weighted by Gasteiger charge is 2.42. The molecule has 0 N–H and O–H groups in total. The highest BCUT2D eigenvalue weighted by Crippen LogP contribution is 2.31. The Kier molecular flexibility index (Phi) is 7.64. The molecule has 0 aromatic heterocycles. The minimum Gasteiger partial charge on any atom is -0.458 e. The molecule has 0 aliphatic carbocycles. The summed E-state index contributed by atoms with van der Waals surface area (Å²) in [4.78, 5) is 19.2. The van der Waals surface area contributed by atoms with Crippen molar-refractivity contribution in [3.05, 3.63) is 28.3 Å². The van der Waals surface area contributed by atoms with Crippen LogP contribution in [-0.4, -0.2) is 49.5 Å². The maximum atomic E-state index is 12.6. The summed E-state index contributed by atoms with van der Waals surface area (Å²) in [5.41, 5.74) is -6.41. The van der Waals surface area contributed by atoms with Crippen LogP contribution in [0.1, 0.15) is 0 Å². The molecule has 0 aliphatic heterocycles. The number of hydrogen-bond donors (Lipinski definition) is 0. The summed E-state index contributed by atoms with van der Waals surface area (Å²) < 4.78 is 113. The molecule has 0 radical (unpaired) electrons. The predicted molar refractivity (Wildman–Crippen MR) is 78.7 cm³/mol. The predicted octanol–water partition coefficient (Wildman–Crippen LogP) is 2.77. The highest BCUT2D eigenvalue weighted by atomic mass is 32.2. The smallest absolute Gasteiger partial charge is 0.458 e. The summed E-state index contributed by atoms with van der Waals surface area (Å²) in [5, 5.41) is 11.0. The summed E-state index contributed by atoms with van der Waals surface area (Å²) >= 11 is 0. The molecule has 2 unspecified atom stereocenters. The average molecular weight is 459 g/mol. The second-order valence-corrected chi connectivity index (χ2v) is 7.70. The van der Waals surface area contributed by atoms with Gasteiger partial charge in [-0.05, 0) is 12.1 Å². The van der Waals surface area contributed by atoms with Crippen LogP contribution in [0.3, 0.4) is 0 Å². The minimum absolute atomic E-state index is 0.229. The summed E-state index contributed by atoms with van der Waals surface area (Å²) in [5.74, 6) is -7.62. The van der Waals surface area contributed by atoms with Gasteiger partial charge < -0.3 is 4.74 Å². The van der Waals surface area contributed by atoms with Crippen LogP contribution in [0.5, 0.6) is 0 Å². The third-order valence-corrected chi connectivity index (χ3v) is 5.23. The van der Waals surface area contributed by atoms with Crippen LogP contribution in [-0.2, 0) is 31.1 Å². The highest BCUT2D eigenvalue weighted by molar-refractivity contribution is 7.86. The Morgan fingerprint density at radius 3 is 2.21 bits per heavy atom. The fourth-order valence-electron chi connectivity index (χ4n) is 1.55. The van der Waals surface area contributed by atoms with Crippen LogP contribution >= 0.6 is 0 Å². The lowest BCUT2D eigenvalue weighted by Crippen LogP contribution is -2.34. The first-order valence-electron chi connectivity index (χ1n) is 6.64. The van der Waals surface area contributed by atoms with E-state index in [1.807, 2.05) is 0 Å². The number of alkyl halides is 7. The molecule has 7 nitrogen and oxygen atoms in total. The number of hydrogen-bond acceptors (Lipinski definition) is 6. The monoisotopic (exact) mass is 459 g/mol. The fourth-order valence-corrected chi connectivity index (χ4v) is 3.26. The van der Waals surface area contributed by atoms with Gasteiger partial charge in [0, 0.05) is 6.07 Å². The number of carbonyl (C=O) groups is 1. The van der Waals surface area contributed by atoms with Crippen molar-refractivity contribution in [2.24, 2.45) is 0 Å². The van der Waals surface area contributed by atoms with E-state index in [0.717, 1.165) is 0 Å². The minimum atomic E-state index is -5.23. The molecule has 0 saturated carbocycles. The fraction of sp³-hybridized carbons (Fsp3) is 0.417. The van der Waals surface area contributed by atoms with Gasteiger partial charge in [0.05, 0.1) is 20.6 Å². The Morgan fingerprint density at radius 2 is 1.75 bits per heavy atom. The molecular weight excluding hydrogens is 451 g/mol. The lowest BCUT2D eigenvalue weighted by atomic mass is 10.3. The first kappa shape index (κ1) is 23.9. The van der Waals surface area contributed by atoms with Crippen LogP contribution in [0.4, 0.5) is 36.4 Å². The van der Waals surface area contributed by atoms with E-state index in [1.54, 1.807) is 0 Å². The van der Waals surface area contributed by atoms with Gasteiger partial charge in [0.25, 0.3) is 5.69 Å². The van der Waals surface area contributed by atoms with Gasteiger partial charge in [-0.3, -0.25) is 19.1 Å². The van der Waals surface area contributed by atoms with E-state index >= 15 is 0 Å². The molecular formula is C12H8F7NO6S2. The third-order valence-electron chi connectivity index (χ3n) is 2.79. The van der Waals surface area contributed by atoms with Crippen molar-refractivity contribution in [3.8, 4) is 0 Å². The van der Waals surface area contributed by atoms with Crippen LogP contribution in [0.2, 0.25) is 0 Å². The quantitative estimate of drug-likeness (QED) is 0.256. The van der Waals surface area contributed by atoms with E-state index in [2.05, 4.69) is 4.74 Å². The number of benzene rings is 1. The van der Waals surface area contributed by atoms with Crippen molar-refractivity contribution in [2.45, 2.75) is 27.6 Å². The van der Waals surface area contributed by atoms with Gasteiger partial charge in [-0.2, -0.15) is 22.0 Å². The number of halogens is 7. The van der Waals surface area contributed by atoms with Crippen LogP contribution in [0.15, 0.2) is 28.0 Å². The number of rotatable bonds is 8. The second-order valence-electron chi connectivity index (χ2n) is 4.81. The Labute approximate surface area is 155 Å². The van der Waals surface area contributed by atoms with Crippen LogP contribution < -0.4 is 0 Å². The molecule has 0 bridgehead atoms. The Morgan fingerprint density at radius 1 is 1.18 bits per heavy atom. The van der Waals surface area contributed by atoms with Gasteiger partial charge in [-0.15, -0.1) is 0 Å². The van der Waals surface area contributed by atoms with E-state index in [-0.39, 0.29) is 6.07 Å². The molecule has 0 heterocycles. The zero-order chi connectivity index (χ0) is 21.9. The Balaban J connectivity index is 3.00. The number of nitro groups is 1. The second kappa shape index (κ2) is 8.93. The maximum Gasteiger partial charge on any atom is 0.475 e. The van der Waals surface area contributed by atoms with Crippen molar-refractivity contribution in [1.29, 1.82) is 0 Å². The van der Waals surface area contributed by atoms with Crippen molar-refractivity contribution in [2.75, 3.05) is 12.4 Å². The summed E-state index contributed by atoms with van der Waals surface area (Å²) in [7, 11) is -6.28. The standard InChI is InChI=1S/C12H8F7NO6S2/c13-10(14)11(15,16)5-26-9(21)4-27(24)8-2-1-6(3-7(8)20(22)23)28(25)12(17,18)19/h1-3,10H,4-5H2. The number of nitro benzene ring substituents is 1. The average Bonchev–Trinajstić information content (AvgIpc) is 2.57. The first-order valence-corrected chi connectivity index (χ1v) is 9.10. The van der Waals surface area contributed by atoms with Crippen LogP contribution in [0, 0.1) is 10.1 Å². The maximum absolute atomic E-state index is 12.6. The van der Waals surface area contributed by atoms with Gasteiger partial charge in [0.1, 0.15) is 10.6 Å². The van der Waals surface area contributed by atoms with Gasteiger partial charge in [0.15, 0.2) is 17.4 Å². The van der Waals surface area contributed by atoms with Gasteiger partial charge >= 0.3 is 23.8 Å². The molecule has 0 fully saturated rings. The van der Waals surface area contributed by atoms with Gasteiger partial charge in [-0.25, -0.2) is 13.0 Å². The molecule has 16 heteroatoms. The lowest BCUT2D eigenvalue weighted by molar-refractivity contribution is -0.388. The molecule has 0 spiro atoms. The van der Waals surface area contributed by atoms with Crippen molar-refractivity contribution in [1.82, 2.24) is 0 Å². The Hall–Kier alpha value is -2.10. The van der Waals surface area contributed by atoms with E-state index in [4.69, 9.17) is 0 Å². The van der Waals surface area contributed by atoms with E-state index in [9.17, 15) is 54.1 Å². The number of nitrogens with zero attached hydrogens (tertiary/aromatic N) is 1. The van der Waals surface area contributed by atoms with Crippen LogP contribution in [0.25, 0.3) is 0 Å². The molecule has 2 atom stereocenters. The molecule has 1 rings (SSSR count). The third kappa shape index (κ3) is 6.22. The van der Waals surface area contributed by atoms with E-state index in [0.29, 0.717) is 12.1 Å². The van der Waals surface area contributed by atoms with Crippen molar-refractivity contribution < 1.29 is 53.6 Å². The molecule has 28 heavy (non-hydrogen) atoms. The first-order chi connectivity index (χ1) is 12.7. The van der Waals surface area contributed by atoms with Crippen molar-refractivity contribution in [3.63, 3.8) is 0 Å². The summed E-state index contributed by atoms with van der Waals surface area (Å²) in [6.07, 6.45) is -4.14. The molecule has 1 aromatic carbocycles. The molecule has 1 aromatic rings. The zero-order valence-electron chi connectivity index (χ0n) is 13.1. The zero-order valence-corrected chi connectivity index (χ0v) is 14.7. The number of ether oxygens (including phenoxy) is 1. The summed E-state index contributed by atoms with van der Waals surface area (Å²) in [6.45, 7) is -2.04. The number of esters is 1. The SMILES string of the molecule is O=C(CS(=O)c1ccc(S(=O)C(F)(F)F)cc1[N+](=O)[O-])OCC(F)(F)C(F)F. The molecule has 0 amide bonds. The number of carbonyl (C=O) groups excluding carboxylic acids is 1. The van der Waals surface area contributed by atoms with Gasteiger partial charge in [-0.1, -0.05) is 0 Å². The molecule has 158 valence electrons. The summed E-state index contributed by atoms with van der Waals surface area (Å²) in [6, 6.07) is 1.28. The lowest BCUT2D eigenvalue weighted by Gasteiger charge is -2.14. The molecule has 0 aliphatic rings. The topological polar surface area (TPSA) is 104 Å². The van der Waals surface area contributed by atoms with E-state index in [1.165, 1.54) is 0 Å². The molecule has 0 saturated heterocycles. The van der Waals surface area contributed by atoms with Crippen molar-refractivity contribution >= 4 is 33.3 Å². The Bertz CT molecular complexity index is 814. The normalized spacial score (nSPS) is 14.6.